The zero-order valence-corrected chi connectivity index (χ0v) is 15.2. The molecule has 0 saturated heterocycles. The minimum absolute atomic E-state index is 0.00517. The van der Waals surface area contributed by atoms with Crippen LogP contribution in [0.3, 0.4) is 0 Å². The molecule has 0 radical (unpaired) electrons. The lowest BCUT2D eigenvalue weighted by molar-refractivity contribution is -0.122. The fraction of sp³-hybridized carbons (Fsp3) is 0.316. The average molecular weight is 355 g/mol. The predicted molar refractivity (Wildman–Crippen MR) is 102 cm³/mol. The van der Waals surface area contributed by atoms with E-state index in [4.69, 9.17) is 0 Å². The number of fused-ring (bicyclic) bond motifs is 1. The van der Waals surface area contributed by atoms with Crippen molar-refractivity contribution in [1.82, 2.24) is 14.9 Å². The Morgan fingerprint density at radius 2 is 1.96 bits per heavy atom. The number of nitrogens with zero attached hydrogens (tertiary/aromatic N) is 2. The van der Waals surface area contributed by atoms with E-state index in [-0.39, 0.29) is 24.1 Å². The topological polar surface area (TPSA) is 64.0 Å². The molecule has 2 aromatic heterocycles. The first kappa shape index (κ1) is 17.4. The summed E-state index contributed by atoms with van der Waals surface area (Å²) in [6.45, 7) is 4.06. The van der Waals surface area contributed by atoms with E-state index >= 15 is 0 Å². The summed E-state index contributed by atoms with van der Waals surface area (Å²) in [4.78, 5) is 30.9. The van der Waals surface area contributed by atoms with Crippen molar-refractivity contribution in [2.75, 3.05) is 0 Å². The van der Waals surface area contributed by atoms with Crippen LogP contribution in [0.2, 0.25) is 0 Å². The van der Waals surface area contributed by atoms with Gasteiger partial charge in [0.1, 0.15) is 11.4 Å². The average Bonchev–Trinajstić information content (AvgIpc) is 3.08. The molecule has 2 heterocycles. The van der Waals surface area contributed by atoms with Crippen LogP contribution in [0.25, 0.3) is 20.7 Å². The number of aromatic nitrogens is 2. The van der Waals surface area contributed by atoms with Gasteiger partial charge < -0.3 is 5.32 Å². The molecule has 1 N–H and O–H groups in total. The predicted octanol–water partition coefficient (Wildman–Crippen LogP) is 3.43. The van der Waals surface area contributed by atoms with Crippen molar-refractivity contribution in [3.05, 3.63) is 53.1 Å². The van der Waals surface area contributed by atoms with Crippen LogP contribution >= 0.6 is 11.3 Å². The quantitative estimate of drug-likeness (QED) is 0.737. The molecule has 0 aliphatic heterocycles. The molecule has 1 aromatic carbocycles. The lowest BCUT2D eigenvalue weighted by Gasteiger charge is -2.15. The smallest absolute Gasteiger partial charge is 0.262 e. The highest BCUT2D eigenvalue weighted by Gasteiger charge is 2.13. The lowest BCUT2D eigenvalue weighted by Crippen LogP contribution is -2.38. The van der Waals surface area contributed by atoms with Gasteiger partial charge in [0, 0.05) is 10.9 Å². The van der Waals surface area contributed by atoms with Gasteiger partial charge in [-0.1, -0.05) is 44.2 Å². The molecule has 0 spiro atoms. The van der Waals surface area contributed by atoms with Gasteiger partial charge in [-0.05, 0) is 24.5 Å². The summed E-state index contributed by atoms with van der Waals surface area (Å²) in [5.41, 5.74) is 0.881. The SMILES string of the molecule is CCC(CC)NC(=O)Cn1cnc2sc(-c3ccccc3)cc2c1=O. The number of rotatable bonds is 6. The van der Waals surface area contributed by atoms with Gasteiger partial charge in [0.05, 0.1) is 11.7 Å². The number of hydrogen-bond donors (Lipinski definition) is 1. The van der Waals surface area contributed by atoms with E-state index in [1.54, 1.807) is 0 Å². The van der Waals surface area contributed by atoms with Crippen LogP contribution in [-0.4, -0.2) is 21.5 Å². The third kappa shape index (κ3) is 3.79. The van der Waals surface area contributed by atoms with Gasteiger partial charge >= 0.3 is 0 Å². The first-order valence-corrected chi connectivity index (χ1v) is 9.27. The van der Waals surface area contributed by atoms with Crippen molar-refractivity contribution < 1.29 is 4.79 Å². The molecule has 1 amide bonds. The number of nitrogens with one attached hydrogen (secondary N) is 1. The second-order valence-electron chi connectivity index (χ2n) is 5.95. The Labute approximate surface area is 150 Å². The van der Waals surface area contributed by atoms with E-state index in [9.17, 15) is 9.59 Å². The van der Waals surface area contributed by atoms with Gasteiger partial charge in [-0.15, -0.1) is 11.3 Å². The van der Waals surface area contributed by atoms with E-state index in [0.29, 0.717) is 10.2 Å². The van der Waals surface area contributed by atoms with Crippen LogP contribution in [0, 0.1) is 0 Å². The Morgan fingerprint density at radius 3 is 2.64 bits per heavy atom. The van der Waals surface area contributed by atoms with Gasteiger partial charge in [-0.25, -0.2) is 4.98 Å². The molecule has 0 unspecified atom stereocenters. The Bertz CT molecular complexity index is 927. The summed E-state index contributed by atoms with van der Waals surface area (Å²) in [7, 11) is 0. The van der Waals surface area contributed by atoms with Gasteiger partial charge in [0.2, 0.25) is 5.91 Å². The molecule has 0 aliphatic carbocycles. The fourth-order valence-corrected chi connectivity index (χ4v) is 3.73. The second kappa shape index (κ2) is 7.61. The molecular weight excluding hydrogens is 334 g/mol. The number of benzene rings is 1. The molecule has 0 saturated carbocycles. The maximum Gasteiger partial charge on any atom is 0.262 e. The number of thiophene rings is 1. The first-order valence-electron chi connectivity index (χ1n) is 8.46. The number of carbonyl (C=O) groups excluding carboxylic acids is 1. The normalized spacial score (nSPS) is 11.2. The summed E-state index contributed by atoms with van der Waals surface area (Å²) in [6.07, 6.45) is 3.21. The minimum atomic E-state index is -0.178. The molecule has 0 bridgehead atoms. The maximum atomic E-state index is 12.7. The number of carbonyl (C=O) groups is 1. The van der Waals surface area contributed by atoms with E-state index < -0.39 is 0 Å². The standard InChI is InChI=1S/C19H21N3O2S/c1-3-14(4-2)21-17(23)11-22-12-20-18-15(19(22)24)10-16(25-18)13-8-6-5-7-9-13/h5-10,12,14H,3-4,11H2,1-2H3,(H,21,23). The van der Waals surface area contributed by atoms with Crippen LogP contribution in [0.15, 0.2) is 47.5 Å². The lowest BCUT2D eigenvalue weighted by atomic mass is 10.2. The Hall–Kier alpha value is -2.47. The van der Waals surface area contributed by atoms with Crippen LogP contribution in [0.1, 0.15) is 26.7 Å². The highest BCUT2D eigenvalue weighted by Crippen LogP contribution is 2.30. The molecule has 3 aromatic rings. The fourth-order valence-electron chi connectivity index (χ4n) is 2.74. The Balaban J connectivity index is 1.87. The second-order valence-corrected chi connectivity index (χ2v) is 6.98. The van der Waals surface area contributed by atoms with E-state index in [1.165, 1.54) is 22.2 Å². The van der Waals surface area contributed by atoms with Crippen molar-refractivity contribution in [3.8, 4) is 10.4 Å². The zero-order valence-electron chi connectivity index (χ0n) is 14.4. The Kier molecular flexibility index (Phi) is 5.28. The summed E-state index contributed by atoms with van der Waals surface area (Å²) in [5.74, 6) is -0.157. The van der Waals surface area contributed by atoms with Gasteiger partial charge in [-0.2, -0.15) is 0 Å². The van der Waals surface area contributed by atoms with Gasteiger partial charge in [0.25, 0.3) is 5.56 Å². The molecule has 3 rings (SSSR count). The summed E-state index contributed by atoms with van der Waals surface area (Å²) < 4.78 is 1.38. The third-order valence-electron chi connectivity index (χ3n) is 4.24. The van der Waals surface area contributed by atoms with Crippen molar-refractivity contribution in [2.24, 2.45) is 0 Å². The summed E-state index contributed by atoms with van der Waals surface area (Å²) >= 11 is 1.49. The molecule has 0 aliphatic rings. The van der Waals surface area contributed by atoms with Crippen LogP contribution < -0.4 is 10.9 Å². The molecule has 0 fully saturated rings. The van der Waals surface area contributed by atoms with Crippen LogP contribution in [0.5, 0.6) is 0 Å². The summed E-state index contributed by atoms with van der Waals surface area (Å²) in [6, 6.07) is 11.9. The molecular formula is C19H21N3O2S. The molecule has 5 nitrogen and oxygen atoms in total. The third-order valence-corrected chi connectivity index (χ3v) is 5.33. The number of amides is 1. The molecule has 0 atom stereocenters. The van der Waals surface area contributed by atoms with E-state index in [1.807, 2.05) is 50.2 Å². The van der Waals surface area contributed by atoms with Crippen molar-refractivity contribution in [2.45, 2.75) is 39.3 Å². The highest BCUT2D eigenvalue weighted by molar-refractivity contribution is 7.21. The minimum Gasteiger partial charge on any atom is -0.352 e. The van der Waals surface area contributed by atoms with Gasteiger partial charge in [-0.3, -0.25) is 14.2 Å². The van der Waals surface area contributed by atoms with Crippen LogP contribution in [0.4, 0.5) is 0 Å². The van der Waals surface area contributed by atoms with Crippen LogP contribution in [-0.2, 0) is 11.3 Å². The Morgan fingerprint density at radius 1 is 1.24 bits per heavy atom. The van der Waals surface area contributed by atoms with E-state index in [2.05, 4.69) is 10.3 Å². The zero-order chi connectivity index (χ0) is 17.8. The highest BCUT2D eigenvalue weighted by atomic mass is 32.1. The molecule has 6 heteroatoms. The number of hydrogen-bond acceptors (Lipinski definition) is 4. The molecule has 25 heavy (non-hydrogen) atoms. The van der Waals surface area contributed by atoms with Crippen molar-refractivity contribution >= 4 is 27.5 Å². The first-order chi connectivity index (χ1) is 12.1. The monoisotopic (exact) mass is 355 g/mol. The van der Waals surface area contributed by atoms with Gasteiger partial charge in [0.15, 0.2) is 0 Å². The van der Waals surface area contributed by atoms with Crippen molar-refractivity contribution in [1.29, 1.82) is 0 Å². The largest absolute Gasteiger partial charge is 0.352 e. The maximum absolute atomic E-state index is 12.7. The van der Waals surface area contributed by atoms with E-state index in [0.717, 1.165) is 23.3 Å². The summed E-state index contributed by atoms with van der Waals surface area (Å²) in [5, 5.41) is 3.50. The molecule has 130 valence electrons. The van der Waals surface area contributed by atoms with Crippen molar-refractivity contribution in [3.63, 3.8) is 0 Å².